The minimum Gasteiger partial charge on any atom is -0.457 e. The Bertz CT molecular complexity index is 646. The molecular weight excluding hydrogens is 276 g/mol. The predicted molar refractivity (Wildman–Crippen MR) is 86.0 cm³/mol. The third-order valence-corrected chi connectivity index (χ3v) is 3.90. The number of carbonyl (C=O) groups is 1. The maximum Gasteiger partial charge on any atom is 0.257 e. The van der Waals surface area contributed by atoms with Gasteiger partial charge < -0.3 is 15.4 Å². The average molecular weight is 296 g/mol. The lowest BCUT2D eigenvalue weighted by Crippen LogP contribution is -2.27. The van der Waals surface area contributed by atoms with Gasteiger partial charge in [-0.3, -0.25) is 4.79 Å². The van der Waals surface area contributed by atoms with Crippen molar-refractivity contribution in [1.29, 1.82) is 0 Å². The minimum atomic E-state index is 0.0479. The molecule has 1 heterocycles. The third kappa shape index (κ3) is 3.12. The number of benzene rings is 2. The second-order valence-corrected chi connectivity index (χ2v) is 5.45. The summed E-state index contributed by atoms with van der Waals surface area (Å²) in [5.41, 5.74) is 7.26. The molecule has 0 aliphatic carbocycles. The van der Waals surface area contributed by atoms with Crippen LogP contribution in [0.5, 0.6) is 11.5 Å². The number of rotatable bonds is 4. The summed E-state index contributed by atoms with van der Waals surface area (Å²) in [5, 5.41) is 0. The highest BCUT2D eigenvalue weighted by atomic mass is 16.5. The van der Waals surface area contributed by atoms with E-state index in [2.05, 4.69) is 0 Å². The summed E-state index contributed by atoms with van der Waals surface area (Å²) >= 11 is 0. The summed E-state index contributed by atoms with van der Waals surface area (Å²) in [7, 11) is 0. The molecule has 0 saturated carbocycles. The van der Waals surface area contributed by atoms with Gasteiger partial charge in [-0.1, -0.05) is 24.3 Å². The molecule has 4 nitrogen and oxygen atoms in total. The van der Waals surface area contributed by atoms with Crippen LogP contribution in [0.2, 0.25) is 0 Å². The topological polar surface area (TPSA) is 55.6 Å². The van der Waals surface area contributed by atoms with E-state index in [1.807, 2.05) is 53.4 Å². The normalized spacial score (nSPS) is 14.1. The van der Waals surface area contributed by atoms with E-state index in [9.17, 15) is 4.79 Å². The molecule has 0 aromatic heterocycles. The maximum absolute atomic E-state index is 12.6. The largest absolute Gasteiger partial charge is 0.457 e. The van der Waals surface area contributed by atoms with Gasteiger partial charge in [0.2, 0.25) is 0 Å². The molecule has 114 valence electrons. The zero-order valence-corrected chi connectivity index (χ0v) is 12.5. The highest BCUT2D eigenvalue weighted by Crippen LogP contribution is 2.27. The lowest BCUT2D eigenvalue weighted by Gasteiger charge is -2.17. The Hall–Kier alpha value is -2.33. The van der Waals surface area contributed by atoms with E-state index in [1.54, 1.807) is 0 Å². The van der Waals surface area contributed by atoms with E-state index in [-0.39, 0.29) is 5.91 Å². The van der Waals surface area contributed by atoms with Crippen LogP contribution in [-0.4, -0.2) is 23.9 Å². The van der Waals surface area contributed by atoms with Crippen LogP contribution in [0.3, 0.4) is 0 Å². The first kappa shape index (κ1) is 14.6. The molecule has 3 rings (SSSR count). The van der Waals surface area contributed by atoms with Crippen LogP contribution in [0.15, 0.2) is 48.5 Å². The van der Waals surface area contributed by atoms with E-state index >= 15 is 0 Å². The van der Waals surface area contributed by atoms with Crippen LogP contribution in [0.4, 0.5) is 0 Å². The molecule has 1 aliphatic rings. The molecule has 2 aromatic rings. The fourth-order valence-corrected chi connectivity index (χ4v) is 2.64. The van der Waals surface area contributed by atoms with Crippen molar-refractivity contribution in [3.63, 3.8) is 0 Å². The Morgan fingerprint density at radius 2 is 1.73 bits per heavy atom. The molecule has 0 unspecified atom stereocenters. The summed E-state index contributed by atoms with van der Waals surface area (Å²) in [6.45, 7) is 2.17. The molecule has 1 saturated heterocycles. The van der Waals surface area contributed by atoms with Crippen LogP contribution < -0.4 is 10.5 Å². The maximum atomic E-state index is 12.6. The van der Waals surface area contributed by atoms with E-state index in [0.29, 0.717) is 23.6 Å². The van der Waals surface area contributed by atoms with Crippen molar-refractivity contribution in [3.8, 4) is 11.5 Å². The molecule has 2 aromatic carbocycles. The number of amides is 1. The number of nitrogens with two attached hydrogens (primary N) is 1. The molecule has 1 amide bonds. The highest BCUT2D eigenvalue weighted by molar-refractivity contribution is 5.97. The number of ether oxygens (including phenoxy) is 1. The minimum absolute atomic E-state index is 0.0479. The van der Waals surface area contributed by atoms with Gasteiger partial charge in [0.25, 0.3) is 5.91 Å². The quantitative estimate of drug-likeness (QED) is 0.942. The van der Waals surface area contributed by atoms with Gasteiger partial charge in [-0.05, 0) is 42.7 Å². The summed E-state index contributed by atoms with van der Waals surface area (Å²) < 4.78 is 5.90. The zero-order chi connectivity index (χ0) is 15.4. The van der Waals surface area contributed by atoms with Crippen molar-refractivity contribution in [2.24, 2.45) is 5.73 Å². The zero-order valence-electron chi connectivity index (χ0n) is 12.5. The fraction of sp³-hybridized carbons (Fsp3) is 0.278. The van der Waals surface area contributed by atoms with E-state index in [4.69, 9.17) is 10.5 Å². The number of nitrogens with zero attached hydrogens (tertiary/aromatic N) is 1. The Morgan fingerprint density at radius 1 is 1.05 bits per heavy atom. The Morgan fingerprint density at radius 3 is 2.41 bits per heavy atom. The van der Waals surface area contributed by atoms with Crippen LogP contribution in [-0.2, 0) is 6.54 Å². The van der Waals surface area contributed by atoms with Crippen molar-refractivity contribution in [2.45, 2.75) is 19.4 Å². The van der Waals surface area contributed by atoms with Crippen molar-refractivity contribution in [2.75, 3.05) is 13.1 Å². The number of likely N-dealkylation sites (tertiary alicyclic amines) is 1. The summed E-state index contributed by atoms with van der Waals surface area (Å²) in [6.07, 6.45) is 2.16. The standard InChI is InChI=1S/C18H20N2O2/c19-13-14-7-9-15(10-8-14)22-17-6-2-1-5-16(17)18(21)20-11-3-4-12-20/h1-2,5-10H,3-4,11-13,19H2. The highest BCUT2D eigenvalue weighted by Gasteiger charge is 2.22. The van der Waals surface area contributed by atoms with Crippen molar-refractivity contribution in [1.82, 2.24) is 4.90 Å². The number of hydrogen-bond acceptors (Lipinski definition) is 3. The fourth-order valence-electron chi connectivity index (χ4n) is 2.64. The van der Waals surface area contributed by atoms with Gasteiger partial charge in [-0.15, -0.1) is 0 Å². The Labute approximate surface area is 130 Å². The first-order valence-electron chi connectivity index (χ1n) is 7.63. The lowest BCUT2D eigenvalue weighted by atomic mass is 10.1. The molecule has 0 radical (unpaired) electrons. The van der Waals surface area contributed by atoms with E-state index in [1.165, 1.54) is 0 Å². The van der Waals surface area contributed by atoms with E-state index in [0.717, 1.165) is 31.5 Å². The number of carbonyl (C=O) groups excluding carboxylic acids is 1. The Kier molecular flexibility index (Phi) is 4.39. The second kappa shape index (κ2) is 6.62. The van der Waals surface area contributed by atoms with Gasteiger partial charge in [0.1, 0.15) is 11.5 Å². The van der Waals surface area contributed by atoms with Crippen LogP contribution in [0, 0.1) is 0 Å². The molecule has 0 bridgehead atoms. The predicted octanol–water partition coefficient (Wildman–Crippen LogP) is 3.17. The van der Waals surface area contributed by atoms with Crippen molar-refractivity contribution < 1.29 is 9.53 Å². The molecule has 4 heteroatoms. The monoisotopic (exact) mass is 296 g/mol. The van der Waals surface area contributed by atoms with E-state index < -0.39 is 0 Å². The first-order chi connectivity index (χ1) is 10.8. The molecule has 0 spiro atoms. The Balaban J connectivity index is 1.82. The number of para-hydroxylation sites is 1. The SMILES string of the molecule is NCc1ccc(Oc2ccccc2C(=O)N2CCCC2)cc1. The molecular formula is C18H20N2O2. The van der Waals surface area contributed by atoms with Gasteiger partial charge in [0.15, 0.2) is 0 Å². The molecule has 1 aliphatic heterocycles. The molecule has 0 atom stereocenters. The number of hydrogen-bond donors (Lipinski definition) is 1. The van der Waals surface area contributed by atoms with Crippen LogP contribution >= 0.6 is 0 Å². The lowest BCUT2D eigenvalue weighted by molar-refractivity contribution is 0.0790. The van der Waals surface area contributed by atoms with Gasteiger partial charge in [-0.2, -0.15) is 0 Å². The van der Waals surface area contributed by atoms with Gasteiger partial charge in [-0.25, -0.2) is 0 Å². The molecule has 2 N–H and O–H groups in total. The smallest absolute Gasteiger partial charge is 0.257 e. The molecule has 22 heavy (non-hydrogen) atoms. The summed E-state index contributed by atoms with van der Waals surface area (Å²) in [4.78, 5) is 14.5. The van der Waals surface area contributed by atoms with Gasteiger partial charge in [0.05, 0.1) is 5.56 Å². The van der Waals surface area contributed by atoms with Crippen molar-refractivity contribution >= 4 is 5.91 Å². The second-order valence-electron chi connectivity index (χ2n) is 5.45. The molecule has 1 fully saturated rings. The third-order valence-electron chi connectivity index (χ3n) is 3.90. The van der Waals surface area contributed by atoms with Crippen molar-refractivity contribution in [3.05, 3.63) is 59.7 Å². The summed E-state index contributed by atoms with van der Waals surface area (Å²) in [5.74, 6) is 1.35. The average Bonchev–Trinajstić information content (AvgIpc) is 3.10. The summed E-state index contributed by atoms with van der Waals surface area (Å²) in [6, 6.07) is 15.0. The van der Waals surface area contributed by atoms with Crippen LogP contribution in [0.25, 0.3) is 0 Å². The first-order valence-corrected chi connectivity index (χ1v) is 7.63. The van der Waals surface area contributed by atoms with Gasteiger partial charge in [0, 0.05) is 19.6 Å². The van der Waals surface area contributed by atoms with Gasteiger partial charge >= 0.3 is 0 Å². The van der Waals surface area contributed by atoms with Crippen LogP contribution in [0.1, 0.15) is 28.8 Å².